The number of carbonyl (C=O) groups excluding carboxylic acids is 1. The Balaban J connectivity index is 1.59. The molecule has 1 saturated heterocycles. The molecule has 1 N–H and O–H groups in total. The third-order valence-corrected chi connectivity index (χ3v) is 4.58. The van der Waals surface area contributed by atoms with E-state index in [1.807, 2.05) is 43.3 Å². The Morgan fingerprint density at radius 3 is 2.58 bits per heavy atom. The van der Waals surface area contributed by atoms with Gasteiger partial charge in [-0.2, -0.15) is 0 Å². The quantitative estimate of drug-likeness (QED) is 0.862. The van der Waals surface area contributed by atoms with Crippen LogP contribution >= 0.6 is 11.6 Å². The van der Waals surface area contributed by atoms with Crippen molar-refractivity contribution >= 4 is 28.9 Å². The molecule has 1 fully saturated rings. The fourth-order valence-corrected chi connectivity index (χ4v) is 2.93. The van der Waals surface area contributed by atoms with Crippen LogP contribution in [0.2, 0.25) is 5.02 Å². The van der Waals surface area contributed by atoms with E-state index in [2.05, 4.69) is 10.2 Å². The van der Waals surface area contributed by atoms with Gasteiger partial charge in [-0.15, -0.1) is 0 Å². The van der Waals surface area contributed by atoms with Crippen LogP contribution in [0.1, 0.15) is 12.5 Å². The zero-order valence-corrected chi connectivity index (χ0v) is 15.8. The second-order valence-corrected chi connectivity index (χ2v) is 6.74. The van der Waals surface area contributed by atoms with Gasteiger partial charge in [0, 0.05) is 24.5 Å². The molecule has 6 heteroatoms. The number of hydrogen-bond donors (Lipinski definition) is 1. The third-order valence-electron chi connectivity index (χ3n) is 4.27. The van der Waals surface area contributed by atoms with E-state index in [0.29, 0.717) is 10.8 Å². The lowest BCUT2D eigenvalue weighted by atomic mass is 10.2. The van der Waals surface area contributed by atoms with Gasteiger partial charge < -0.3 is 19.7 Å². The first-order valence-corrected chi connectivity index (χ1v) is 9.07. The Kier molecular flexibility index (Phi) is 6.01. The first kappa shape index (κ1) is 18.5. The van der Waals surface area contributed by atoms with Crippen LogP contribution in [0, 0.1) is 6.92 Å². The summed E-state index contributed by atoms with van der Waals surface area (Å²) < 4.78 is 11.1. The molecule has 26 heavy (non-hydrogen) atoms. The minimum absolute atomic E-state index is 0.221. The smallest absolute Gasteiger partial charge is 0.265 e. The first-order valence-electron chi connectivity index (χ1n) is 8.69. The average molecular weight is 375 g/mol. The highest BCUT2D eigenvalue weighted by atomic mass is 35.5. The van der Waals surface area contributed by atoms with Crippen LogP contribution in [0.4, 0.5) is 11.4 Å². The van der Waals surface area contributed by atoms with Crippen molar-refractivity contribution in [2.24, 2.45) is 0 Å². The van der Waals surface area contributed by atoms with Gasteiger partial charge in [-0.05, 0) is 55.8 Å². The number of halogens is 1. The average Bonchev–Trinajstić information content (AvgIpc) is 2.66. The first-order chi connectivity index (χ1) is 12.5. The molecule has 0 saturated carbocycles. The summed E-state index contributed by atoms with van der Waals surface area (Å²) in [6, 6.07) is 13.3. The molecule has 1 heterocycles. The van der Waals surface area contributed by atoms with E-state index in [-0.39, 0.29) is 5.91 Å². The van der Waals surface area contributed by atoms with Gasteiger partial charge >= 0.3 is 0 Å². The van der Waals surface area contributed by atoms with Crippen molar-refractivity contribution in [1.82, 2.24) is 0 Å². The molecule has 3 rings (SSSR count). The van der Waals surface area contributed by atoms with Gasteiger partial charge in [0.1, 0.15) is 5.75 Å². The second-order valence-electron chi connectivity index (χ2n) is 6.33. The highest BCUT2D eigenvalue weighted by Crippen LogP contribution is 2.26. The minimum Gasteiger partial charge on any atom is -0.479 e. The summed E-state index contributed by atoms with van der Waals surface area (Å²) >= 11 is 6.13. The van der Waals surface area contributed by atoms with E-state index < -0.39 is 6.10 Å². The number of aryl methyl sites for hydroxylation is 1. The molecule has 0 aromatic heterocycles. The van der Waals surface area contributed by atoms with E-state index >= 15 is 0 Å². The molecule has 2 aromatic carbocycles. The van der Waals surface area contributed by atoms with Gasteiger partial charge in [-0.25, -0.2) is 0 Å². The number of rotatable bonds is 5. The maximum atomic E-state index is 12.4. The third kappa shape index (κ3) is 4.68. The number of nitrogens with one attached hydrogen (secondary N) is 1. The number of morpholine rings is 1. The summed E-state index contributed by atoms with van der Waals surface area (Å²) in [5.74, 6) is 0.290. The highest BCUT2D eigenvalue weighted by Gasteiger charge is 2.17. The number of amides is 1. The standard InChI is InChI=1S/C20H23ClN2O3/c1-14-3-8-18(21)19(13-14)26-15(2)20(24)22-16-4-6-17(7-5-16)23-9-11-25-12-10-23/h3-8,13,15H,9-12H2,1-2H3,(H,22,24). The van der Waals surface area contributed by atoms with Crippen molar-refractivity contribution in [1.29, 1.82) is 0 Å². The van der Waals surface area contributed by atoms with E-state index in [9.17, 15) is 4.79 Å². The second kappa shape index (κ2) is 8.43. The van der Waals surface area contributed by atoms with Crippen LogP contribution in [-0.4, -0.2) is 38.3 Å². The predicted octanol–water partition coefficient (Wildman–Crippen LogP) is 3.89. The van der Waals surface area contributed by atoms with Gasteiger partial charge in [-0.1, -0.05) is 17.7 Å². The van der Waals surface area contributed by atoms with Crippen LogP contribution in [0.3, 0.4) is 0 Å². The number of ether oxygens (including phenoxy) is 2. The van der Waals surface area contributed by atoms with Gasteiger partial charge in [-0.3, -0.25) is 4.79 Å². The fourth-order valence-electron chi connectivity index (χ4n) is 2.77. The molecule has 2 aromatic rings. The SMILES string of the molecule is Cc1ccc(Cl)c(OC(C)C(=O)Nc2ccc(N3CCOCC3)cc2)c1. The molecule has 1 atom stereocenters. The molecule has 0 spiro atoms. The van der Waals surface area contributed by atoms with E-state index in [0.717, 1.165) is 43.2 Å². The number of hydrogen-bond acceptors (Lipinski definition) is 4. The molecular weight excluding hydrogens is 352 g/mol. The lowest BCUT2D eigenvalue weighted by molar-refractivity contribution is -0.122. The maximum Gasteiger partial charge on any atom is 0.265 e. The molecule has 138 valence electrons. The van der Waals surface area contributed by atoms with Crippen molar-refractivity contribution in [3.8, 4) is 5.75 Å². The molecule has 0 bridgehead atoms. The van der Waals surface area contributed by atoms with Crippen LogP contribution in [-0.2, 0) is 9.53 Å². The summed E-state index contributed by atoms with van der Waals surface area (Å²) in [5.41, 5.74) is 2.88. The Morgan fingerprint density at radius 2 is 1.88 bits per heavy atom. The summed E-state index contributed by atoms with van der Waals surface area (Å²) in [5, 5.41) is 3.37. The van der Waals surface area contributed by atoms with Gasteiger partial charge in [0.05, 0.1) is 18.2 Å². The summed E-state index contributed by atoms with van der Waals surface area (Å²) in [4.78, 5) is 14.7. The number of anilines is 2. The van der Waals surface area contributed by atoms with Crippen LogP contribution in [0.5, 0.6) is 5.75 Å². The molecular formula is C20H23ClN2O3. The Labute approximate surface area is 158 Å². The zero-order valence-electron chi connectivity index (χ0n) is 15.0. The largest absolute Gasteiger partial charge is 0.479 e. The highest BCUT2D eigenvalue weighted by molar-refractivity contribution is 6.32. The lowest BCUT2D eigenvalue weighted by Crippen LogP contribution is -2.36. The number of benzene rings is 2. The van der Waals surface area contributed by atoms with Crippen LogP contribution < -0.4 is 15.0 Å². The van der Waals surface area contributed by atoms with Gasteiger partial charge in [0.15, 0.2) is 6.10 Å². The lowest BCUT2D eigenvalue weighted by Gasteiger charge is -2.29. The van der Waals surface area contributed by atoms with E-state index in [1.54, 1.807) is 13.0 Å². The topological polar surface area (TPSA) is 50.8 Å². The molecule has 1 unspecified atom stereocenters. The van der Waals surface area contributed by atoms with Crippen molar-refractivity contribution in [2.45, 2.75) is 20.0 Å². The van der Waals surface area contributed by atoms with Crippen molar-refractivity contribution in [2.75, 3.05) is 36.5 Å². The summed E-state index contributed by atoms with van der Waals surface area (Å²) in [7, 11) is 0. The Hall–Kier alpha value is -2.24. The number of nitrogens with zero attached hydrogens (tertiary/aromatic N) is 1. The van der Waals surface area contributed by atoms with Crippen LogP contribution in [0.25, 0.3) is 0 Å². The molecule has 5 nitrogen and oxygen atoms in total. The van der Waals surface area contributed by atoms with Crippen molar-refractivity contribution < 1.29 is 14.3 Å². The molecule has 1 amide bonds. The number of carbonyl (C=O) groups is 1. The summed E-state index contributed by atoms with van der Waals surface area (Å²) in [6.07, 6.45) is -0.659. The monoisotopic (exact) mass is 374 g/mol. The van der Waals surface area contributed by atoms with Crippen molar-refractivity contribution in [3.05, 3.63) is 53.1 Å². The van der Waals surface area contributed by atoms with Crippen molar-refractivity contribution in [3.63, 3.8) is 0 Å². The van der Waals surface area contributed by atoms with Gasteiger partial charge in [0.2, 0.25) is 0 Å². The Morgan fingerprint density at radius 1 is 1.19 bits per heavy atom. The van der Waals surface area contributed by atoms with E-state index in [4.69, 9.17) is 21.1 Å². The maximum absolute atomic E-state index is 12.4. The molecule has 0 aliphatic carbocycles. The summed E-state index contributed by atoms with van der Waals surface area (Å²) in [6.45, 7) is 6.91. The molecule has 0 radical (unpaired) electrons. The Bertz CT molecular complexity index is 758. The fraction of sp³-hybridized carbons (Fsp3) is 0.350. The zero-order chi connectivity index (χ0) is 18.5. The van der Waals surface area contributed by atoms with Crippen LogP contribution in [0.15, 0.2) is 42.5 Å². The minimum atomic E-state index is -0.659. The van der Waals surface area contributed by atoms with Gasteiger partial charge in [0.25, 0.3) is 5.91 Å². The molecule has 1 aliphatic rings. The predicted molar refractivity (Wildman–Crippen MR) is 104 cm³/mol. The normalized spacial score (nSPS) is 15.4. The van der Waals surface area contributed by atoms with E-state index in [1.165, 1.54) is 0 Å². The molecule has 1 aliphatic heterocycles.